The zero-order valence-electron chi connectivity index (χ0n) is 15.2. The second-order valence-corrected chi connectivity index (χ2v) is 9.77. The third-order valence-corrected chi connectivity index (χ3v) is 8.26. The molecule has 3 aliphatic heterocycles. The van der Waals surface area contributed by atoms with Gasteiger partial charge in [-0.3, -0.25) is 4.79 Å². The molecule has 3 fully saturated rings. The number of carbonyl (C=O) groups is 1. The summed E-state index contributed by atoms with van der Waals surface area (Å²) in [5.74, 6) is 0.537. The van der Waals surface area contributed by atoms with Crippen LogP contribution in [0.25, 0.3) is 0 Å². The highest BCUT2D eigenvalue weighted by atomic mass is 32.2. The number of likely N-dealkylation sites (tertiary alicyclic amines) is 1. The fraction of sp³-hybridized carbons (Fsp3) is 0.632. The van der Waals surface area contributed by atoms with E-state index in [1.54, 1.807) is 28.6 Å². The summed E-state index contributed by atoms with van der Waals surface area (Å²) in [5, 5.41) is 3.26. The fourth-order valence-corrected chi connectivity index (χ4v) is 6.47. The largest absolute Gasteiger partial charge is 0.350 e. The third kappa shape index (κ3) is 2.86. The third-order valence-electron chi connectivity index (χ3n) is 6.35. The summed E-state index contributed by atoms with van der Waals surface area (Å²) in [7, 11) is -3.45. The molecular formula is C19H27N3O3S. The van der Waals surface area contributed by atoms with Gasteiger partial charge in [0.15, 0.2) is 0 Å². The Morgan fingerprint density at radius 1 is 1.15 bits per heavy atom. The number of amides is 1. The first-order valence-corrected chi connectivity index (χ1v) is 11.0. The molecule has 0 aromatic heterocycles. The number of hydrogen-bond donors (Lipinski definition) is 1. The number of hydrogen-bond acceptors (Lipinski definition) is 4. The van der Waals surface area contributed by atoms with Crippen LogP contribution in [0.15, 0.2) is 35.2 Å². The number of nitrogens with zero attached hydrogens (tertiary/aromatic N) is 2. The van der Waals surface area contributed by atoms with Crippen molar-refractivity contribution in [3.8, 4) is 0 Å². The maximum absolute atomic E-state index is 12.9. The molecule has 0 unspecified atom stereocenters. The normalized spacial score (nSPS) is 29.0. The second kappa shape index (κ2) is 6.62. The summed E-state index contributed by atoms with van der Waals surface area (Å²) >= 11 is 0. The van der Waals surface area contributed by atoms with Gasteiger partial charge in [-0.2, -0.15) is 4.31 Å². The van der Waals surface area contributed by atoms with Gasteiger partial charge < -0.3 is 10.2 Å². The Kier molecular flexibility index (Phi) is 4.57. The molecule has 1 amide bonds. The van der Waals surface area contributed by atoms with Gasteiger partial charge in [0.1, 0.15) is 0 Å². The highest BCUT2D eigenvalue weighted by Crippen LogP contribution is 2.44. The molecule has 3 saturated heterocycles. The van der Waals surface area contributed by atoms with Crippen molar-refractivity contribution in [3.63, 3.8) is 0 Å². The lowest BCUT2D eigenvalue weighted by atomic mass is 9.76. The van der Waals surface area contributed by atoms with E-state index in [0.29, 0.717) is 36.7 Å². The Bertz CT molecular complexity index is 772. The minimum atomic E-state index is -3.45. The molecule has 2 atom stereocenters. The molecule has 3 aliphatic rings. The maximum atomic E-state index is 12.9. The van der Waals surface area contributed by atoms with Gasteiger partial charge in [-0.25, -0.2) is 8.42 Å². The van der Waals surface area contributed by atoms with Gasteiger partial charge in [-0.1, -0.05) is 25.1 Å². The van der Waals surface area contributed by atoms with Gasteiger partial charge in [0.2, 0.25) is 15.9 Å². The van der Waals surface area contributed by atoms with Crippen molar-refractivity contribution in [2.75, 3.05) is 32.7 Å². The van der Waals surface area contributed by atoms with Gasteiger partial charge in [-0.05, 0) is 37.9 Å². The van der Waals surface area contributed by atoms with Crippen molar-refractivity contribution in [2.24, 2.45) is 11.8 Å². The molecule has 4 rings (SSSR count). The summed E-state index contributed by atoms with van der Waals surface area (Å²) < 4.78 is 27.3. The topological polar surface area (TPSA) is 69.7 Å². The van der Waals surface area contributed by atoms with E-state index in [2.05, 4.69) is 17.1 Å². The van der Waals surface area contributed by atoms with E-state index < -0.39 is 10.0 Å². The van der Waals surface area contributed by atoms with E-state index in [1.807, 2.05) is 6.07 Å². The zero-order valence-corrected chi connectivity index (χ0v) is 16.0. The predicted molar refractivity (Wildman–Crippen MR) is 99.0 cm³/mol. The van der Waals surface area contributed by atoms with Gasteiger partial charge in [-0.15, -0.1) is 0 Å². The Balaban J connectivity index is 1.49. The van der Waals surface area contributed by atoms with Crippen LogP contribution in [0.3, 0.4) is 0 Å². The number of piperidine rings is 1. The predicted octanol–water partition coefficient (Wildman–Crippen LogP) is 1.30. The van der Waals surface area contributed by atoms with E-state index in [4.69, 9.17) is 0 Å². The molecule has 0 radical (unpaired) electrons. The average Bonchev–Trinajstić information content (AvgIpc) is 3.17. The minimum absolute atomic E-state index is 0.0684. The first-order chi connectivity index (χ1) is 12.5. The average molecular weight is 378 g/mol. The number of benzene rings is 1. The summed E-state index contributed by atoms with van der Waals surface area (Å²) in [4.78, 5) is 15.2. The highest BCUT2D eigenvalue weighted by molar-refractivity contribution is 7.89. The van der Waals surface area contributed by atoms with Crippen molar-refractivity contribution in [3.05, 3.63) is 30.3 Å². The second-order valence-electron chi connectivity index (χ2n) is 7.84. The number of sulfonamides is 1. The standard InChI is InChI=1S/C19H27N3O3S/c1-2-10-21-13-16-17(14-21)19(20-18(16)23)8-11-22(12-9-19)26(24,25)15-6-4-3-5-7-15/h3-7,16-17H,2,8-14H2,1H3,(H,20,23)/t16-,17+/m1/s1. The molecule has 3 heterocycles. The maximum Gasteiger partial charge on any atom is 0.243 e. The van der Waals surface area contributed by atoms with Crippen LogP contribution in [0.5, 0.6) is 0 Å². The van der Waals surface area contributed by atoms with Crippen molar-refractivity contribution in [2.45, 2.75) is 36.6 Å². The first-order valence-electron chi connectivity index (χ1n) is 9.56. The van der Waals surface area contributed by atoms with Gasteiger partial charge >= 0.3 is 0 Å². The molecule has 1 aromatic carbocycles. The molecule has 0 saturated carbocycles. The fourth-order valence-electron chi connectivity index (χ4n) is 5.00. The molecule has 7 heteroatoms. The molecule has 0 bridgehead atoms. The molecule has 0 aliphatic carbocycles. The van der Waals surface area contributed by atoms with Crippen LogP contribution in [0.1, 0.15) is 26.2 Å². The van der Waals surface area contributed by atoms with E-state index in [0.717, 1.165) is 26.1 Å². The quantitative estimate of drug-likeness (QED) is 0.859. The SMILES string of the molecule is CCCN1C[C@H]2C(=O)NC3(CCN(S(=O)(=O)c4ccccc4)CC3)[C@H]2C1. The van der Waals surface area contributed by atoms with Gasteiger partial charge in [0.05, 0.1) is 10.8 Å². The van der Waals surface area contributed by atoms with Crippen molar-refractivity contribution < 1.29 is 13.2 Å². The number of rotatable bonds is 4. The van der Waals surface area contributed by atoms with E-state index in [9.17, 15) is 13.2 Å². The van der Waals surface area contributed by atoms with Crippen molar-refractivity contribution in [1.82, 2.24) is 14.5 Å². The summed E-state index contributed by atoms with van der Waals surface area (Å²) in [6.45, 7) is 5.92. The summed E-state index contributed by atoms with van der Waals surface area (Å²) in [6.07, 6.45) is 2.50. The van der Waals surface area contributed by atoms with Crippen molar-refractivity contribution in [1.29, 1.82) is 0 Å². The van der Waals surface area contributed by atoms with Crippen LogP contribution in [0, 0.1) is 11.8 Å². The number of nitrogens with one attached hydrogen (secondary N) is 1. The van der Waals surface area contributed by atoms with Gasteiger partial charge in [0, 0.05) is 37.6 Å². The highest BCUT2D eigenvalue weighted by Gasteiger charge is 2.57. The zero-order chi connectivity index (χ0) is 18.4. The van der Waals surface area contributed by atoms with Crippen LogP contribution >= 0.6 is 0 Å². The summed E-state index contributed by atoms with van der Waals surface area (Å²) in [6, 6.07) is 8.61. The number of fused-ring (bicyclic) bond motifs is 2. The summed E-state index contributed by atoms with van der Waals surface area (Å²) in [5.41, 5.74) is -0.229. The smallest absolute Gasteiger partial charge is 0.243 e. The number of carbonyl (C=O) groups excluding carboxylic acids is 1. The minimum Gasteiger partial charge on any atom is -0.350 e. The first kappa shape index (κ1) is 17.9. The molecule has 26 heavy (non-hydrogen) atoms. The van der Waals surface area contributed by atoms with Gasteiger partial charge in [0.25, 0.3) is 0 Å². The van der Waals surface area contributed by atoms with Crippen LogP contribution in [-0.2, 0) is 14.8 Å². The van der Waals surface area contributed by atoms with Crippen LogP contribution in [0.4, 0.5) is 0 Å². The Morgan fingerprint density at radius 2 is 1.85 bits per heavy atom. The Morgan fingerprint density at radius 3 is 2.50 bits per heavy atom. The van der Waals surface area contributed by atoms with Crippen LogP contribution in [0.2, 0.25) is 0 Å². The van der Waals surface area contributed by atoms with Crippen molar-refractivity contribution >= 4 is 15.9 Å². The van der Waals surface area contributed by atoms with E-state index in [1.165, 1.54) is 0 Å². The molecular weight excluding hydrogens is 350 g/mol. The van der Waals surface area contributed by atoms with Crippen LogP contribution in [-0.4, -0.2) is 61.8 Å². The van der Waals surface area contributed by atoms with E-state index in [-0.39, 0.29) is 17.4 Å². The van der Waals surface area contributed by atoms with E-state index >= 15 is 0 Å². The van der Waals surface area contributed by atoms with Crippen LogP contribution < -0.4 is 5.32 Å². The molecule has 6 nitrogen and oxygen atoms in total. The Hall–Kier alpha value is -1.44. The Labute approximate surface area is 155 Å². The monoisotopic (exact) mass is 377 g/mol. The molecule has 1 spiro atoms. The molecule has 1 aromatic rings. The lowest BCUT2D eigenvalue weighted by molar-refractivity contribution is -0.123. The molecule has 1 N–H and O–H groups in total. The lowest BCUT2D eigenvalue weighted by Gasteiger charge is -2.42. The molecule has 142 valence electrons. The lowest BCUT2D eigenvalue weighted by Crippen LogP contribution is -2.56.